The molecule has 0 unspecified atom stereocenters. The second-order valence-electron chi connectivity index (χ2n) is 2.62. The number of rotatable bonds is 0. The van der Waals surface area contributed by atoms with E-state index in [1.807, 2.05) is 0 Å². The number of allylic oxidation sites excluding steroid dienone is 5. The zero-order chi connectivity index (χ0) is 10.1. The van der Waals surface area contributed by atoms with Crippen LogP contribution in [-0.2, 0) is 0 Å². The fraction of sp³-hybridized carbons (Fsp3) is 0.250. The van der Waals surface area contributed by atoms with Crippen molar-refractivity contribution in [1.29, 1.82) is 0 Å². The Bertz CT molecular complexity index is 299. The highest BCUT2D eigenvalue weighted by atomic mass is 35.5. The molecule has 1 aliphatic carbocycles. The molecule has 0 amide bonds. The van der Waals surface area contributed by atoms with Gasteiger partial charge in [0.05, 0.1) is 0 Å². The monoisotopic (exact) mass is 209 g/mol. The van der Waals surface area contributed by atoms with Crippen LogP contribution in [0.1, 0.15) is 6.42 Å². The van der Waals surface area contributed by atoms with Crippen molar-refractivity contribution >= 4 is 11.6 Å². The standard InChI is InChI=1S/C8H7ClF3N/c9-6-1-2-7(13)4-5(3-6)8(10,11)12/h1-2,4H,3,13H2. The number of halogens is 4. The Labute approximate surface area is 78.4 Å². The molecule has 2 N–H and O–H groups in total. The molecule has 0 spiro atoms. The smallest absolute Gasteiger partial charge is 0.399 e. The molecule has 0 atom stereocenters. The highest BCUT2D eigenvalue weighted by Crippen LogP contribution is 2.33. The van der Waals surface area contributed by atoms with Gasteiger partial charge in [0.2, 0.25) is 0 Å². The average molecular weight is 210 g/mol. The molecule has 1 aliphatic rings. The fourth-order valence-electron chi connectivity index (χ4n) is 0.910. The van der Waals surface area contributed by atoms with E-state index in [1.165, 1.54) is 12.2 Å². The first-order valence-corrected chi connectivity index (χ1v) is 3.87. The molecule has 1 rings (SSSR count). The van der Waals surface area contributed by atoms with Crippen LogP contribution in [-0.4, -0.2) is 6.18 Å². The van der Waals surface area contributed by atoms with Crippen molar-refractivity contribution in [2.75, 3.05) is 0 Å². The zero-order valence-corrected chi connectivity index (χ0v) is 7.28. The molecule has 13 heavy (non-hydrogen) atoms. The minimum Gasteiger partial charge on any atom is -0.399 e. The third-order valence-electron chi connectivity index (χ3n) is 1.52. The van der Waals surface area contributed by atoms with Crippen LogP contribution in [0.5, 0.6) is 0 Å². The minimum atomic E-state index is -4.36. The number of hydrogen-bond acceptors (Lipinski definition) is 1. The van der Waals surface area contributed by atoms with Crippen molar-refractivity contribution in [2.45, 2.75) is 12.6 Å². The van der Waals surface area contributed by atoms with Crippen LogP contribution in [0.25, 0.3) is 0 Å². The second-order valence-corrected chi connectivity index (χ2v) is 3.11. The SMILES string of the molecule is NC1=CC=C(Cl)CC(C(F)(F)F)=C1. The van der Waals surface area contributed by atoms with Gasteiger partial charge in [-0.15, -0.1) is 0 Å². The molecule has 72 valence electrons. The van der Waals surface area contributed by atoms with E-state index < -0.39 is 11.7 Å². The van der Waals surface area contributed by atoms with Gasteiger partial charge in [-0.2, -0.15) is 13.2 Å². The molecule has 0 fully saturated rings. The molecule has 0 aromatic carbocycles. The van der Waals surface area contributed by atoms with Gasteiger partial charge in [0.1, 0.15) is 0 Å². The van der Waals surface area contributed by atoms with Crippen LogP contribution in [0.2, 0.25) is 0 Å². The molecule has 0 bridgehead atoms. The van der Waals surface area contributed by atoms with Crippen LogP contribution in [0.4, 0.5) is 13.2 Å². The summed E-state index contributed by atoms with van der Waals surface area (Å²) < 4.78 is 36.7. The van der Waals surface area contributed by atoms with Gasteiger partial charge in [-0.25, -0.2) is 0 Å². The summed E-state index contributed by atoms with van der Waals surface area (Å²) in [5, 5.41) is 0.129. The highest BCUT2D eigenvalue weighted by molar-refractivity contribution is 6.29. The lowest BCUT2D eigenvalue weighted by molar-refractivity contribution is -0.0930. The average Bonchev–Trinajstić information content (AvgIpc) is 2.12. The molecule has 0 heterocycles. The summed E-state index contributed by atoms with van der Waals surface area (Å²) in [6.45, 7) is 0. The zero-order valence-electron chi connectivity index (χ0n) is 6.53. The maximum Gasteiger partial charge on any atom is 0.413 e. The molecule has 5 heteroatoms. The summed E-state index contributed by atoms with van der Waals surface area (Å²) >= 11 is 5.51. The molecule has 1 nitrogen and oxygen atoms in total. The minimum absolute atomic E-state index is 0.0583. The summed E-state index contributed by atoms with van der Waals surface area (Å²) in [4.78, 5) is 0. The van der Waals surface area contributed by atoms with Crippen LogP contribution in [0, 0.1) is 0 Å². The van der Waals surface area contributed by atoms with Crippen molar-refractivity contribution < 1.29 is 13.2 Å². The van der Waals surface area contributed by atoms with E-state index in [9.17, 15) is 13.2 Å². The van der Waals surface area contributed by atoms with Crippen LogP contribution in [0.3, 0.4) is 0 Å². The normalized spacial score (nSPS) is 18.6. The lowest BCUT2D eigenvalue weighted by Crippen LogP contribution is -2.12. The summed E-state index contributed by atoms with van der Waals surface area (Å²) in [6, 6.07) is 0. The molecule has 0 saturated heterocycles. The molecule has 0 aromatic rings. The fourth-order valence-corrected chi connectivity index (χ4v) is 1.12. The summed E-state index contributed by atoms with van der Waals surface area (Å²) in [5.41, 5.74) is 4.60. The lowest BCUT2D eigenvalue weighted by Gasteiger charge is -2.09. The Morgan fingerprint density at radius 2 is 1.92 bits per heavy atom. The topological polar surface area (TPSA) is 26.0 Å². The van der Waals surface area contributed by atoms with Crippen molar-refractivity contribution in [1.82, 2.24) is 0 Å². The van der Waals surface area contributed by atoms with Gasteiger partial charge in [0.15, 0.2) is 0 Å². The highest BCUT2D eigenvalue weighted by Gasteiger charge is 2.33. The van der Waals surface area contributed by atoms with Crippen molar-refractivity contribution in [2.24, 2.45) is 5.73 Å². The first-order valence-electron chi connectivity index (χ1n) is 3.49. The van der Waals surface area contributed by atoms with E-state index >= 15 is 0 Å². The molecule has 0 aliphatic heterocycles. The van der Waals surface area contributed by atoms with E-state index in [-0.39, 0.29) is 17.2 Å². The predicted octanol–water partition coefficient (Wildman–Crippen LogP) is 2.84. The van der Waals surface area contributed by atoms with Gasteiger partial charge >= 0.3 is 6.18 Å². The van der Waals surface area contributed by atoms with Gasteiger partial charge in [0.25, 0.3) is 0 Å². The van der Waals surface area contributed by atoms with Gasteiger partial charge in [-0.1, -0.05) is 11.6 Å². The molecule has 0 aromatic heterocycles. The summed E-state index contributed by atoms with van der Waals surface area (Å²) in [5.74, 6) is 0. The van der Waals surface area contributed by atoms with E-state index in [0.29, 0.717) is 0 Å². The van der Waals surface area contributed by atoms with Crippen molar-refractivity contribution in [3.05, 3.63) is 34.5 Å². The van der Waals surface area contributed by atoms with Crippen molar-refractivity contribution in [3.8, 4) is 0 Å². The number of hydrogen-bond donors (Lipinski definition) is 1. The Balaban J connectivity index is 3.01. The van der Waals surface area contributed by atoms with E-state index in [1.54, 1.807) is 0 Å². The number of nitrogens with two attached hydrogens (primary N) is 1. The Kier molecular flexibility index (Phi) is 2.71. The third-order valence-corrected chi connectivity index (χ3v) is 1.78. The van der Waals surface area contributed by atoms with E-state index in [4.69, 9.17) is 17.3 Å². The maximum absolute atomic E-state index is 12.2. The lowest BCUT2D eigenvalue weighted by atomic mass is 10.1. The Morgan fingerprint density at radius 1 is 1.31 bits per heavy atom. The molecular formula is C8H7ClF3N. The van der Waals surface area contributed by atoms with E-state index in [0.717, 1.165) is 6.08 Å². The third kappa shape index (κ3) is 2.81. The molecular weight excluding hydrogens is 203 g/mol. The Hall–Kier alpha value is -0.900. The quantitative estimate of drug-likeness (QED) is 0.652. The first kappa shape index (κ1) is 10.2. The van der Waals surface area contributed by atoms with Gasteiger partial charge in [0, 0.05) is 22.7 Å². The molecule has 0 saturated carbocycles. The van der Waals surface area contributed by atoms with Gasteiger partial charge < -0.3 is 5.73 Å². The predicted molar refractivity (Wildman–Crippen MR) is 45.0 cm³/mol. The Morgan fingerprint density at radius 3 is 2.46 bits per heavy atom. The molecule has 0 radical (unpaired) electrons. The number of alkyl halides is 3. The first-order chi connectivity index (χ1) is 5.89. The van der Waals surface area contributed by atoms with Gasteiger partial charge in [-0.05, 0) is 18.2 Å². The van der Waals surface area contributed by atoms with Gasteiger partial charge in [-0.3, -0.25) is 0 Å². The maximum atomic E-state index is 12.2. The van der Waals surface area contributed by atoms with Crippen LogP contribution in [0.15, 0.2) is 34.5 Å². The van der Waals surface area contributed by atoms with Crippen molar-refractivity contribution in [3.63, 3.8) is 0 Å². The summed E-state index contributed by atoms with van der Waals surface area (Å²) in [6.07, 6.45) is -1.07. The van der Waals surface area contributed by atoms with Crippen LogP contribution >= 0.6 is 11.6 Å². The van der Waals surface area contributed by atoms with E-state index in [2.05, 4.69) is 0 Å². The second kappa shape index (κ2) is 3.46. The summed E-state index contributed by atoms with van der Waals surface area (Å²) in [7, 11) is 0. The van der Waals surface area contributed by atoms with Crippen LogP contribution < -0.4 is 5.73 Å². The largest absolute Gasteiger partial charge is 0.413 e.